The van der Waals surface area contributed by atoms with Gasteiger partial charge in [-0.15, -0.1) is 0 Å². The van der Waals surface area contributed by atoms with Gasteiger partial charge in [0.2, 0.25) is 0 Å². The van der Waals surface area contributed by atoms with E-state index >= 15 is 0 Å². The number of nitrogens with zero attached hydrogens (tertiary/aromatic N) is 3. The first-order valence-electron chi connectivity index (χ1n) is 8.41. The molecule has 1 fully saturated rings. The number of carbonyl (C=O) groups excluding carboxylic acids is 1. The van der Waals surface area contributed by atoms with Crippen LogP contribution in [0.1, 0.15) is 18.0 Å². The molecular weight excluding hydrogens is 319 g/mol. The number of halogens is 1. The van der Waals surface area contributed by atoms with Crippen molar-refractivity contribution in [3.8, 4) is 0 Å². The zero-order valence-corrected chi connectivity index (χ0v) is 13.7. The zero-order chi connectivity index (χ0) is 17.2. The summed E-state index contributed by atoms with van der Waals surface area (Å²) in [5.41, 5.74) is 2.79. The lowest BCUT2D eigenvalue weighted by atomic mass is 10.1. The van der Waals surface area contributed by atoms with Crippen molar-refractivity contribution >= 4 is 17.1 Å². The largest absolute Gasteiger partial charge is 0.329 e. The lowest BCUT2D eigenvalue weighted by molar-refractivity contribution is 0.163. The van der Waals surface area contributed by atoms with Crippen LogP contribution in [0.2, 0.25) is 0 Å². The molecule has 2 amide bonds. The van der Waals surface area contributed by atoms with E-state index in [0.717, 1.165) is 36.1 Å². The Morgan fingerprint density at radius 1 is 1.16 bits per heavy atom. The Balaban J connectivity index is 1.62. The quantitative estimate of drug-likeness (QED) is 0.793. The van der Waals surface area contributed by atoms with Crippen molar-refractivity contribution in [2.75, 3.05) is 13.1 Å². The van der Waals surface area contributed by atoms with E-state index in [-0.39, 0.29) is 17.9 Å². The van der Waals surface area contributed by atoms with Gasteiger partial charge in [-0.1, -0.05) is 24.3 Å². The van der Waals surface area contributed by atoms with E-state index < -0.39 is 0 Å². The Kier molecular flexibility index (Phi) is 4.09. The Morgan fingerprint density at radius 2 is 1.92 bits per heavy atom. The Labute approximate surface area is 145 Å². The van der Waals surface area contributed by atoms with E-state index in [4.69, 9.17) is 0 Å². The smallest absolute Gasteiger partial charge is 0.317 e. The van der Waals surface area contributed by atoms with Crippen molar-refractivity contribution in [3.63, 3.8) is 0 Å². The third kappa shape index (κ3) is 3.20. The summed E-state index contributed by atoms with van der Waals surface area (Å²) in [6.07, 6.45) is 2.82. The van der Waals surface area contributed by atoms with Crippen molar-refractivity contribution in [2.45, 2.75) is 19.0 Å². The molecule has 1 aliphatic rings. The number of nitrogens with one attached hydrogen (secondary N) is 1. The molecule has 5 nitrogen and oxygen atoms in total. The molecule has 128 valence electrons. The van der Waals surface area contributed by atoms with Crippen molar-refractivity contribution in [1.82, 2.24) is 19.8 Å². The second-order valence-corrected chi connectivity index (χ2v) is 6.28. The highest BCUT2D eigenvalue weighted by molar-refractivity contribution is 5.76. The normalized spacial score (nSPS) is 15.0. The van der Waals surface area contributed by atoms with Crippen LogP contribution >= 0.6 is 0 Å². The minimum Gasteiger partial charge on any atom is -0.329 e. The van der Waals surface area contributed by atoms with Gasteiger partial charge in [0, 0.05) is 19.6 Å². The average molecular weight is 338 g/mol. The average Bonchev–Trinajstić information content (AvgIpc) is 2.97. The molecule has 0 aliphatic carbocycles. The summed E-state index contributed by atoms with van der Waals surface area (Å²) < 4.78 is 15.3. The molecule has 6 heteroatoms. The number of benzene rings is 2. The van der Waals surface area contributed by atoms with Crippen LogP contribution in [0.4, 0.5) is 9.18 Å². The highest BCUT2D eigenvalue weighted by Crippen LogP contribution is 2.20. The fourth-order valence-corrected chi connectivity index (χ4v) is 3.04. The van der Waals surface area contributed by atoms with E-state index in [1.165, 1.54) is 12.1 Å². The molecule has 1 atom stereocenters. The SMILES string of the molecule is O=C(N[C@@H](Cn1cnc2ccccc21)c1ccc(F)cc1)N1CCC1. The number of para-hydroxylation sites is 2. The molecular formula is C19H19FN4O. The van der Waals surface area contributed by atoms with E-state index in [2.05, 4.69) is 10.3 Å². The summed E-state index contributed by atoms with van der Waals surface area (Å²) >= 11 is 0. The van der Waals surface area contributed by atoms with Crippen molar-refractivity contribution in [1.29, 1.82) is 0 Å². The summed E-state index contributed by atoms with van der Waals surface area (Å²) in [5, 5.41) is 3.07. The first-order valence-corrected chi connectivity index (χ1v) is 8.41. The van der Waals surface area contributed by atoms with Crippen molar-refractivity contribution in [3.05, 3.63) is 66.2 Å². The van der Waals surface area contributed by atoms with Crippen molar-refractivity contribution < 1.29 is 9.18 Å². The van der Waals surface area contributed by atoms with Crippen LogP contribution in [0.5, 0.6) is 0 Å². The fourth-order valence-electron chi connectivity index (χ4n) is 3.04. The van der Waals surface area contributed by atoms with Gasteiger partial charge in [0.05, 0.1) is 23.4 Å². The van der Waals surface area contributed by atoms with Crippen LogP contribution in [0, 0.1) is 5.82 Å². The van der Waals surface area contributed by atoms with Gasteiger partial charge in [0.1, 0.15) is 5.82 Å². The molecule has 2 aromatic carbocycles. The maximum Gasteiger partial charge on any atom is 0.317 e. The molecule has 4 rings (SSSR count). The van der Waals surface area contributed by atoms with E-state index in [9.17, 15) is 9.18 Å². The summed E-state index contributed by atoms with van der Waals surface area (Å²) in [6.45, 7) is 2.11. The fraction of sp³-hybridized carbons (Fsp3) is 0.263. The number of amides is 2. The molecule has 0 bridgehead atoms. The van der Waals surface area contributed by atoms with Crippen LogP contribution in [-0.4, -0.2) is 33.6 Å². The number of hydrogen-bond acceptors (Lipinski definition) is 2. The van der Waals surface area contributed by atoms with E-state index in [1.54, 1.807) is 23.4 Å². The van der Waals surface area contributed by atoms with Crippen molar-refractivity contribution in [2.24, 2.45) is 0 Å². The van der Waals surface area contributed by atoms with Gasteiger partial charge in [-0.2, -0.15) is 0 Å². The molecule has 3 aromatic rings. The number of hydrogen-bond donors (Lipinski definition) is 1. The second-order valence-electron chi connectivity index (χ2n) is 6.28. The zero-order valence-electron chi connectivity index (χ0n) is 13.7. The van der Waals surface area contributed by atoms with Crippen LogP contribution in [0.15, 0.2) is 54.9 Å². The third-order valence-corrected chi connectivity index (χ3v) is 4.62. The number of rotatable bonds is 4. The molecule has 1 aromatic heterocycles. The topological polar surface area (TPSA) is 50.2 Å². The summed E-state index contributed by atoms with van der Waals surface area (Å²) in [7, 11) is 0. The predicted molar refractivity (Wildman–Crippen MR) is 93.6 cm³/mol. The lowest BCUT2D eigenvalue weighted by Gasteiger charge is -2.33. The van der Waals surface area contributed by atoms with Gasteiger partial charge in [0.25, 0.3) is 0 Å². The highest BCUT2D eigenvalue weighted by Gasteiger charge is 2.24. The number of likely N-dealkylation sites (tertiary alicyclic amines) is 1. The van der Waals surface area contributed by atoms with Gasteiger partial charge >= 0.3 is 6.03 Å². The predicted octanol–water partition coefficient (Wildman–Crippen LogP) is 3.33. The number of urea groups is 1. The Bertz CT molecular complexity index is 886. The minimum absolute atomic E-state index is 0.0787. The molecule has 0 radical (unpaired) electrons. The number of aromatic nitrogens is 2. The molecule has 0 spiro atoms. The van der Waals surface area contributed by atoms with Gasteiger partial charge in [0.15, 0.2) is 0 Å². The number of fused-ring (bicyclic) bond motifs is 1. The minimum atomic E-state index is -0.287. The first kappa shape index (κ1) is 15.6. The third-order valence-electron chi connectivity index (χ3n) is 4.62. The molecule has 1 N–H and O–H groups in total. The van der Waals surface area contributed by atoms with Gasteiger partial charge in [-0.25, -0.2) is 14.2 Å². The maximum absolute atomic E-state index is 13.3. The van der Waals surface area contributed by atoms with E-state index in [1.807, 2.05) is 28.8 Å². The monoisotopic (exact) mass is 338 g/mol. The van der Waals surface area contributed by atoms with E-state index in [0.29, 0.717) is 6.54 Å². The molecule has 2 heterocycles. The maximum atomic E-state index is 13.3. The van der Waals surface area contributed by atoms with Gasteiger partial charge < -0.3 is 14.8 Å². The molecule has 0 unspecified atom stereocenters. The summed E-state index contributed by atoms with van der Waals surface area (Å²) in [6, 6.07) is 13.8. The molecule has 0 saturated carbocycles. The number of carbonyl (C=O) groups is 1. The van der Waals surface area contributed by atoms with Gasteiger partial charge in [-0.3, -0.25) is 0 Å². The van der Waals surface area contributed by atoms with Crippen LogP contribution < -0.4 is 5.32 Å². The lowest BCUT2D eigenvalue weighted by Crippen LogP contribution is -2.49. The van der Waals surface area contributed by atoms with Crippen LogP contribution in [0.3, 0.4) is 0 Å². The second kappa shape index (κ2) is 6.55. The first-order chi connectivity index (χ1) is 12.2. The Morgan fingerprint density at radius 3 is 2.64 bits per heavy atom. The standard InChI is InChI=1S/C19H19FN4O/c20-15-8-6-14(7-9-15)17(22-19(25)23-10-3-11-23)12-24-13-21-16-4-1-2-5-18(16)24/h1-2,4-9,13,17H,3,10-12H2,(H,22,25)/t17-/m0/s1. The van der Waals surface area contributed by atoms with Crippen LogP contribution in [0.25, 0.3) is 11.0 Å². The molecule has 1 saturated heterocycles. The molecule has 25 heavy (non-hydrogen) atoms. The Hall–Kier alpha value is -2.89. The molecule has 1 aliphatic heterocycles. The number of imidazole rings is 1. The summed E-state index contributed by atoms with van der Waals surface area (Å²) in [4.78, 5) is 18.6. The van der Waals surface area contributed by atoms with Crippen LogP contribution in [-0.2, 0) is 6.54 Å². The highest BCUT2D eigenvalue weighted by atomic mass is 19.1. The summed E-state index contributed by atoms with van der Waals surface area (Å²) in [5.74, 6) is -0.287. The van der Waals surface area contributed by atoms with Gasteiger partial charge in [-0.05, 0) is 36.2 Å².